The minimum atomic E-state index is -0.189. The van der Waals surface area contributed by atoms with E-state index < -0.39 is 0 Å². The standard InChI is InChI=1S/C15H22N4O2/c1-17-15(21)12-6-5-11(16)9-13(12)18(2)10-14(20)19-7-3-4-8-19/h5-6,9H,3-4,7-8,10,16H2,1-2H3,(H,17,21). The minimum absolute atomic E-state index is 0.0836. The summed E-state index contributed by atoms with van der Waals surface area (Å²) in [4.78, 5) is 27.8. The van der Waals surface area contributed by atoms with Gasteiger partial charge >= 0.3 is 0 Å². The number of anilines is 2. The molecule has 0 bridgehead atoms. The van der Waals surface area contributed by atoms with Crippen LogP contribution in [0.1, 0.15) is 23.2 Å². The van der Waals surface area contributed by atoms with Crippen molar-refractivity contribution in [1.82, 2.24) is 10.2 Å². The summed E-state index contributed by atoms with van der Waals surface area (Å²) in [6.45, 7) is 1.89. The molecule has 1 aromatic carbocycles. The molecule has 0 atom stereocenters. The van der Waals surface area contributed by atoms with Crippen LogP contribution in [0.3, 0.4) is 0 Å². The number of nitrogens with two attached hydrogens (primary N) is 1. The van der Waals surface area contributed by atoms with Crippen LogP contribution in [-0.2, 0) is 4.79 Å². The van der Waals surface area contributed by atoms with E-state index in [1.54, 1.807) is 37.2 Å². The van der Waals surface area contributed by atoms with E-state index in [1.165, 1.54) is 0 Å². The first-order valence-corrected chi connectivity index (χ1v) is 7.13. The number of likely N-dealkylation sites (tertiary alicyclic amines) is 1. The Morgan fingerprint density at radius 2 is 2.00 bits per heavy atom. The lowest BCUT2D eigenvalue weighted by Gasteiger charge is -2.24. The van der Waals surface area contributed by atoms with Crippen LogP contribution < -0.4 is 16.0 Å². The fourth-order valence-corrected chi connectivity index (χ4v) is 2.55. The van der Waals surface area contributed by atoms with Crippen LogP contribution in [0.4, 0.5) is 11.4 Å². The minimum Gasteiger partial charge on any atom is -0.399 e. The van der Waals surface area contributed by atoms with Gasteiger partial charge in [0.15, 0.2) is 0 Å². The van der Waals surface area contributed by atoms with E-state index in [4.69, 9.17) is 5.73 Å². The second kappa shape index (κ2) is 6.47. The lowest BCUT2D eigenvalue weighted by atomic mass is 10.1. The molecule has 2 amide bonds. The van der Waals surface area contributed by atoms with Gasteiger partial charge in [0.1, 0.15) is 0 Å². The highest BCUT2D eigenvalue weighted by Crippen LogP contribution is 2.23. The average molecular weight is 290 g/mol. The van der Waals surface area contributed by atoms with Gasteiger partial charge in [-0.05, 0) is 31.0 Å². The molecule has 6 nitrogen and oxygen atoms in total. The summed E-state index contributed by atoms with van der Waals surface area (Å²) in [5.41, 5.74) is 7.56. The first-order chi connectivity index (χ1) is 10.0. The highest BCUT2D eigenvalue weighted by atomic mass is 16.2. The van der Waals surface area contributed by atoms with Crippen molar-refractivity contribution in [3.8, 4) is 0 Å². The van der Waals surface area contributed by atoms with Crippen LogP contribution >= 0.6 is 0 Å². The molecule has 21 heavy (non-hydrogen) atoms. The molecule has 1 saturated heterocycles. The largest absolute Gasteiger partial charge is 0.399 e. The summed E-state index contributed by atoms with van der Waals surface area (Å²) in [6, 6.07) is 5.09. The normalized spacial score (nSPS) is 14.1. The van der Waals surface area contributed by atoms with Crippen molar-refractivity contribution in [2.75, 3.05) is 44.4 Å². The molecule has 0 aliphatic carbocycles. The quantitative estimate of drug-likeness (QED) is 0.800. The molecule has 2 rings (SSSR count). The fraction of sp³-hybridized carbons (Fsp3) is 0.467. The number of nitrogens with one attached hydrogen (secondary N) is 1. The predicted molar refractivity (Wildman–Crippen MR) is 83.3 cm³/mol. The zero-order valence-electron chi connectivity index (χ0n) is 12.6. The highest BCUT2D eigenvalue weighted by Gasteiger charge is 2.21. The SMILES string of the molecule is CNC(=O)c1ccc(N)cc1N(C)CC(=O)N1CCCC1. The molecule has 1 aromatic rings. The van der Waals surface area contributed by atoms with Crippen molar-refractivity contribution >= 4 is 23.2 Å². The molecule has 0 radical (unpaired) electrons. The van der Waals surface area contributed by atoms with Crippen LogP contribution in [0, 0.1) is 0 Å². The van der Waals surface area contributed by atoms with Gasteiger partial charge in [-0.3, -0.25) is 9.59 Å². The Hall–Kier alpha value is -2.24. The molecule has 1 fully saturated rings. The summed E-state index contributed by atoms with van der Waals surface area (Å²) >= 11 is 0. The third-order valence-electron chi connectivity index (χ3n) is 3.74. The Morgan fingerprint density at radius 3 is 2.62 bits per heavy atom. The Morgan fingerprint density at radius 1 is 1.33 bits per heavy atom. The van der Waals surface area contributed by atoms with Gasteiger partial charge in [-0.2, -0.15) is 0 Å². The third kappa shape index (κ3) is 3.45. The summed E-state index contributed by atoms with van der Waals surface area (Å²) in [5.74, 6) is -0.106. The molecule has 3 N–H and O–H groups in total. The number of nitrogens with zero attached hydrogens (tertiary/aromatic N) is 2. The molecule has 0 unspecified atom stereocenters. The summed E-state index contributed by atoms with van der Waals surface area (Å²) in [7, 11) is 3.38. The van der Waals surface area contributed by atoms with E-state index >= 15 is 0 Å². The van der Waals surface area contributed by atoms with E-state index in [9.17, 15) is 9.59 Å². The number of benzene rings is 1. The van der Waals surface area contributed by atoms with Crippen molar-refractivity contribution in [2.45, 2.75) is 12.8 Å². The van der Waals surface area contributed by atoms with Crippen molar-refractivity contribution in [3.05, 3.63) is 23.8 Å². The molecule has 1 aliphatic heterocycles. The van der Waals surface area contributed by atoms with Crippen LogP contribution in [-0.4, -0.2) is 50.4 Å². The van der Waals surface area contributed by atoms with Gasteiger partial charge in [0, 0.05) is 32.9 Å². The Labute approximate surface area is 124 Å². The fourth-order valence-electron chi connectivity index (χ4n) is 2.55. The molecular formula is C15H22N4O2. The van der Waals surface area contributed by atoms with E-state index in [0.717, 1.165) is 25.9 Å². The van der Waals surface area contributed by atoms with Crippen molar-refractivity contribution in [1.29, 1.82) is 0 Å². The maximum atomic E-state index is 12.2. The van der Waals surface area contributed by atoms with Gasteiger partial charge in [0.2, 0.25) is 5.91 Å². The van der Waals surface area contributed by atoms with E-state index in [0.29, 0.717) is 16.9 Å². The summed E-state index contributed by atoms with van der Waals surface area (Å²) in [5, 5.41) is 2.60. The summed E-state index contributed by atoms with van der Waals surface area (Å²) in [6.07, 6.45) is 2.13. The number of hydrogen-bond donors (Lipinski definition) is 2. The van der Waals surface area contributed by atoms with Gasteiger partial charge in [0.25, 0.3) is 5.91 Å². The molecular weight excluding hydrogens is 268 g/mol. The van der Waals surface area contributed by atoms with E-state index in [-0.39, 0.29) is 18.4 Å². The number of likely N-dealkylation sites (N-methyl/N-ethyl adjacent to an activating group) is 1. The molecule has 0 spiro atoms. The lowest BCUT2D eigenvalue weighted by molar-refractivity contribution is -0.128. The van der Waals surface area contributed by atoms with Gasteiger partial charge in [-0.1, -0.05) is 0 Å². The molecule has 0 aromatic heterocycles. The van der Waals surface area contributed by atoms with Crippen LogP contribution in [0.25, 0.3) is 0 Å². The van der Waals surface area contributed by atoms with E-state index in [2.05, 4.69) is 5.32 Å². The number of amides is 2. The molecule has 0 saturated carbocycles. The number of carbonyl (C=O) groups is 2. The third-order valence-corrected chi connectivity index (χ3v) is 3.74. The van der Waals surface area contributed by atoms with Gasteiger partial charge in [-0.15, -0.1) is 0 Å². The summed E-state index contributed by atoms with van der Waals surface area (Å²) < 4.78 is 0. The maximum absolute atomic E-state index is 12.2. The maximum Gasteiger partial charge on any atom is 0.253 e. The number of nitrogen functional groups attached to an aromatic ring is 1. The molecule has 1 aliphatic rings. The van der Waals surface area contributed by atoms with Crippen LogP contribution in [0.15, 0.2) is 18.2 Å². The zero-order valence-corrected chi connectivity index (χ0v) is 12.6. The predicted octanol–water partition coefficient (Wildman–Crippen LogP) is 0.687. The van der Waals surface area contributed by atoms with Crippen molar-refractivity contribution in [3.63, 3.8) is 0 Å². The first kappa shape index (κ1) is 15.2. The average Bonchev–Trinajstić information content (AvgIpc) is 3.00. The monoisotopic (exact) mass is 290 g/mol. The van der Waals surface area contributed by atoms with Gasteiger partial charge in [-0.25, -0.2) is 0 Å². The molecule has 1 heterocycles. The topological polar surface area (TPSA) is 78.7 Å². The van der Waals surface area contributed by atoms with Gasteiger partial charge in [0.05, 0.1) is 17.8 Å². The smallest absolute Gasteiger partial charge is 0.253 e. The van der Waals surface area contributed by atoms with Crippen LogP contribution in [0.5, 0.6) is 0 Å². The second-order valence-corrected chi connectivity index (χ2v) is 5.30. The van der Waals surface area contributed by atoms with Gasteiger partial charge < -0.3 is 20.9 Å². The Balaban J connectivity index is 2.17. The molecule has 114 valence electrons. The lowest BCUT2D eigenvalue weighted by Crippen LogP contribution is -2.38. The van der Waals surface area contributed by atoms with Crippen LogP contribution in [0.2, 0.25) is 0 Å². The first-order valence-electron chi connectivity index (χ1n) is 7.13. The number of rotatable bonds is 4. The van der Waals surface area contributed by atoms with E-state index in [1.807, 2.05) is 4.90 Å². The zero-order chi connectivity index (χ0) is 15.4. The van der Waals surface area contributed by atoms with Crippen molar-refractivity contribution < 1.29 is 9.59 Å². The highest BCUT2D eigenvalue weighted by molar-refractivity contribution is 6.00. The van der Waals surface area contributed by atoms with Crippen molar-refractivity contribution in [2.24, 2.45) is 0 Å². The Bertz CT molecular complexity index is 538. The molecule has 6 heteroatoms. The second-order valence-electron chi connectivity index (χ2n) is 5.30. The number of carbonyl (C=O) groups excluding carboxylic acids is 2. The number of hydrogen-bond acceptors (Lipinski definition) is 4. The Kier molecular flexibility index (Phi) is 4.67.